The maximum atomic E-state index is 7.53. The lowest BCUT2D eigenvalue weighted by molar-refractivity contribution is 0.403. The van der Waals surface area contributed by atoms with Crippen LogP contribution in [-0.2, 0) is 0 Å². The van der Waals surface area contributed by atoms with Crippen LogP contribution in [0.4, 0.5) is 0 Å². The van der Waals surface area contributed by atoms with Crippen molar-refractivity contribution in [2.24, 2.45) is 0 Å². The average Bonchev–Trinajstić information content (AvgIpc) is 2.25. The highest BCUT2D eigenvalue weighted by molar-refractivity contribution is 5.30. The molecule has 1 rings (SSSR count). The molecular formula is C8H10O2. The topological polar surface area (TPSA) is 18.5 Å². The lowest BCUT2D eigenvalue weighted by Crippen LogP contribution is -1.83. The quantitative estimate of drug-likeness (QED) is 0.635. The second-order valence-corrected chi connectivity index (χ2v) is 1.36. The van der Waals surface area contributed by atoms with E-state index in [1.54, 1.807) is 0 Å². The first-order valence-electron chi connectivity index (χ1n) is 7.32. The van der Waals surface area contributed by atoms with Gasteiger partial charge in [-0.1, -0.05) is 0 Å². The molecule has 1 aromatic carbocycles. The predicted octanol–water partition coefficient (Wildman–Crippen LogP) is 1.70. The molecule has 54 valence electrons. The van der Waals surface area contributed by atoms with E-state index >= 15 is 0 Å². The Morgan fingerprint density at radius 2 is 1.50 bits per heavy atom. The van der Waals surface area contributed by atoms with Crippen molar-refractivity contribution in [3.05, 3.63) is 24.2 Å². The van der Waals surface area contributed by atoms with Gasteiger partial charge in [-0.25, -0.2) is 0 Å². The maximum absolute atomic E-state index is 7.53. The summed E-state index contributed by atoms with van der Waals surface area (Å²) in [5.41, 5.74) is 0. The van der Waals surface area contributed by atoms with Crippen LogP contribution in [0.3, 0.4) is 0 Å². The van der Waals surface area contributed by atoms with Crippen LogP contribution in [0.25, 0.3) is 0 Å². The van der Waals surface area contributed by atoms with E-state index in [9.17, 15) is 0 Å². The maximum Gasteiger partial charge on any atom is 0.119 e. The van der Waals surface area contributed by atoms with Crippen molar-refractivity contribution in [1.29, 1.82) is 0 Å². The normalized spacial score (nSPS) is 26.0. The van der Waals surface area contributed by atoms with Gasteiger partial charge in [0.1, 0.15) is 11.5 Å². The zero-order valence-electron chi connectivity index (χ0n) is 14.8. The van der Waals surface area contributed by atoms with Crippen molar-refractivity contribution < 1.29 is 23.2 Å². The molecule has 0 bridgehead atoms. The third-order valence-electron chi connectivity index (χ3n) is 0.783. The molecule has 0 aromatic heterocycles. The Kier molecular flexibility index (Phi) is 0.473. The first kappa shape index (κ1) is 1.52. The summed E-state index contributed by atoms with van der Waals surface area (Å²) in [4.78, 5) is 0. The SMILES string of the molecule is [2H]c1c([2H])c(OC([2H])([2H])[2H])c([2H])c([2H])c1OC([2H])([2H])[2H]. The van der Waals surface area contributed by atoms with Crippen LogP contribution < -0.4 is 9.47 Å². The Hall–Kier alpha value is -1.18. The average molecular weight is 148 g/mol. The summed E-state index contributed by atoms with van der Waals surface area (Å²) in [6.45, 7) is 0. The van der Waals surface area contributed by atoms with Crippen molar-refractivity contribution in [3.8, 4) is 11.5 Å². The highest BCUT2D eigenvalue weighted by atomic mass is 16.5. The molecule has 0 atom stereocenters. The third-order valence-corrected chi connectivity index (χ3v) is 0.783. The summed E-state index contributed by atoms with van der Waals surface area (Å²) in [5, 5.41) is 0. The van der Waals surface area contributed by atoms with E-state index in [1.807, 2.05) is 0 Å². The third kappa shape index (κ3) is 1.41. The van der Waals surface area contributed by atoms with E-state index in [0.717, 1.165) is 0 Å². The Balaban J connectivity index is 3.42. The van der Waals surface area contributed by atoms with E-state index in [-0.39, 0.29) is 0 Å². The van der Waals surface area contributed by atoms with Crippen LogP contribution in [0, 0.1) is 0 Å². The van der Waals surface area contributed by atoms with Gasteiger partial charge in [-0.3, -0.25) is 0 Å². The molecular weight excluding hydrogens is 128 g/mol. The molecule has 0 unspecified atom stereocenters. The summed E-state index contributed by atoms with van der Waals surface area (Å²) in [6.07, 6.45) is 0. The molecule has 0 saturated carbocycles. The smallest absolute Gasteiger partial charge is 0.119 e. The van der Waals surface area contributed by atoms with Crippen molar-refractivity contribution in [2.75, 3.05) is 14.1 Å². The van der Waals surface area contributed by atoms with E-state index in [4.69, 9.17) is 13.7 Å². The molecule has 0 aliphatic heterocycles. The van der Waals surface area contributed by atoms with Gasteiger partial charge in [0, 0.05) is 0 Å². The van der Waals surface area contributed by atoms with Gasteiger partial charge in [0.15, 0.2) is 0 Å². The second-order valence-electron chi connectivity index (χ2n) is 1.36. The van der Waals surface area contributed by atoms with E-state index in [2.05, 4.69) is 9.47 Å². The highest BCUT2D eigenvalue weighted by Gasteiger charge is 1.89. The molecule has 0 spiro atoms. The van der Waals surface area contributed by atoms with E-state index in [1.165, 1.54) is 0 Å². The number of methoxy groups -OCH3 is 2. The number of rotatable bonds is 2. The highest BCUT2D eigenvalue weighted by Crippen LogP contribution is 2.15. The Morgan fingerprint density at radius 3 is 1.80 bits per heavy atom. The first-order valence-corrected chi connectivity index (χ1v) is 2.32. The summed E-state index contributed by atoms with van der Waals surface area (Å²) >= 11 is 0. The van der Waals surface area contributed by atoms with Gasteiger partial charge < -0.3 is 9.47 Å². The zero-order valence-corrected chi connectivity index (χ0v) is 4.82. The van der Waals surface area contributed by atoms with E-state index < -0.39 is 49.7 Å². The minimum absolute atomic E-state index is 0.794. The van der Waals surface area contributed by atoms with Gasteiger partial charge in [0.05, 0.1) is 27.8 Å². The predicted molar refractivity (Wildman–Crippen MR) is 39.5 cm³/mol. The molecule has 0 aliphatic rings. The van der Waals surface area contributed by atoms with Crippen molar-refractivity contribution >= 4 is 0 Å². The fraction of sp³-hybridized carbons (Fsp3) is 0.250. The molecule has 10 heavy (non-hydrogen) atoms. The molecule has 0 aliphatic carbocycles. The lowest BCUT2D eigenvalue weighted by atomic mass is 10.3. The number of hydrogen-bond acceptors (Lipinski definition) is 2. The van der Waals surface area contributed by atoms with Crippen molar-refractivity contribution in [3.63, 3.8) is 0 Å². The second kappa shape index (κ2) is 3.11. The van der Waals surface area contributed by atoms with Crippen LogP contribution in [0.1, 0.15) is 13.7 Å². The zero-order chi connectivity index (χ0) is 15.9. The van der Waals surface area contributed by atoms with Crippen LogP contribution in [-0.4, -0.2) is 14.1 Å². The van der Waals surface area contributed by atoms with Crippen molar-refractivity contribution in [1.82, 2.24) is 0 Å². The van der Waals surface area contributed by atoms with Crippen LogP contribution in [0.2, 0.25) is 0 Å². The van der Waals surface area contributed by atoms with Gasteiger partial charge >= 0.3 is 0 Å². The molecule has 1 aromatic rings. The van der Waals surface area contributed by atoms with Crippen molar-refractivity contribution in [2.45, 2.75) is 0 Å². The summed E-state index contributed by atoms with van der Waals surface area (Å²) in [5.74, 6) is -1.59. The molecule has 0 radical (unpaired) electrons. The van der Waals surface area contributed by atoms with Crippen LogP contribution in [0.15, 0.2) is 24.2 Å². The lowest BCUT2D eigenvalue weighted by Gasteiger charge is -2.00. The monoisotopic (exact) mass is 148 g/mol. The van der Waals surface area contributed by atoms with Gasteiger partial charge in [-0.05, 0) is 24.2 Å². The van der Waals surface area contributed by atoms with Gasteiger partial charge in [0.25, 0.3) is 0 Å². The molecule has 2 heteroatoms. The van der Waals surface area contributed by atoms with Crippen LogP contribution in [0.5, 0.6) is 11.5 Å². The molecule has 0 N–H and O–H groups in total. The summed E-state index contributed by atoms with van der Waals surface area (Å²) in [6, 6.07) is -3.33. The minimum Gasteiger partial charge on any atom is -0.497 e. The first-order chi connectivity index (χ1) is 8.83. The molecule has 0 heterocycles. The number of benzene rings is 1. The van der Waals surface area contributed by atoms with Gasteiger partial charge in [-0.2, -0.15) is 0 Å². The number of ether oxygens (including phenoxy) is 2. The Labute approximate surface area is 74.4 Å². The largest absolute Gasteiger partial charge is 0.497 e. The molecule has 0 saturated heterocycles. The fourth-order valence-electron chi connectivity index (χ4n) is 0.392. The summed E-state index contributed by atoms with van der Waals surface area (Å²) < 4.78 is 80.3. The standard InChI is InChI=1S/C8H10O2/c1-9-7-3-5-8(10-2)6-4-7/h3-6H,1-2H3/i1D3,2D3,3D,4D,5D,6D. The Bertz CT molecular complexity index is 441. The molecule has 2 nitrogen and oxygen atoms in total. The van der Waals surface area contributed by atoms with Crippen LogP contribution >= 0.6 is 0 Å². The minimum atomic E-state index is -2.96. The number of hydrogen-bond donors (Lipinski definition) is 0. The van der Waals surface area contributed by atoms with E-state index in [0.29, 0.717) is 0 Å². The van der Waals surface area contributed by atoms with Gasteiger partial charge in [0.2, 0.25) is 0 Å². The Morgan fingerprint density at radius 1 is 1.10 bits per heavy atom. The van der Waals surface area contributed by atoms with Gasteiger partial charge in [-0.15, -0.1) is 0 Å². The fourth-order valence-corrected chi connectivity index (χ4v) is 0.392. The summed E-state index contributed by atoms with van der Waals surface area (Å²) in [7, 11) is -5.92. The molecule has 0 amide bonds. The molecule has 0 fully saturated rings.